The number of methoxy groups -OCH3 is 1. The molecule has 2 N–H and O–H groups in total. The van der Waals surface area contributed by atoms with Gasteiger partial charge in [0.25, 0.3) is 0 Å². The van der Waals surface area contributed by atoms with Gasteiger partial charge in [-0.1, -0.05) is 27.8 Å². The first-order chi connectivity index (χ1) is 6.27. The van der Waals surface area contributed by atoms with E-state index in [9.17, 15) is 0 Å². The van der Waals surface area contributed by atoms with Crippen molar-refractivity contribution in [2.24, 2.45) is 0 Å². The smallest absolute Gasteiger partial charge is 0.141 e. The average molecular weight is 240 g/mol. The predicted molar refractivity (Wildman–Crippen MR) is 58.1 cm³/mol. The van der Waals surface area contributed by atoms with E-state index < -0.39 is 0 Å². The van der Waals surface area contributed by atoms with Gasteiger partial charge < -0.3 is 10.5 Å². The minimum Gasteiger partial charge on any atom is -0.495 e. The summed E-state index contributed by atoms with van der Waals surface area (Å²) in [7, 11) is 1.59. The zero-order valence-electron chi connectivity index (χ0n) is 7.30. The van der Waals surface area contributed by atoms with Crippen molar-refractivity contribution in [2.45, 2.75) is 0 Å². The van der Waals surface area contributed by atoms with Crippen molar-refractivity contribution in [3.05, 3.63) is 23.8 Å². The number of benzene rings is 1. The van der Waals surface area contributed by atoms with Crippen molar-refractivity contribution in [3.8, 4) is 17.6 Å². The molecule has 1 aromatic carbocycles. The third-order valence-corrected chi connectivity index (χ3v) is 1.81. The highest BCUT2D eigenvalue weighted by Crippen LogP contribution is 2.21. The quantitative estimate of drug-likeness (QED) is 0.463. The maximum atomic E-state index is 5.70. The minimum absolute atomic E-state index is 0.615. The third kappa shape index (κ3) is 2.67. The summed E-state index contributed by atoms with van der Waals surface area (Å²) in [6, 6.07) is 5.49. The van der Waals surface area contributed by atoms with Crippen molar-refractivity contribution in [3.63, 3.8) is 0 Å². The minimum atomic E-state index is 0.615. The van der Waals surface area contributed by atoms with Gasteiger partial charge in [0, 0.05) is 5.56 Å². The molecular weight excluding hydrogens is 230 g/mol. The fourth-order valence-corrected chi connectivity index (χ4v) is 1.09. The molecule has 0 aliphatic carbocycles. The molecule has 0 heterocycles. The highest BCUT2D eigenvalue weighted by atomic mass is 79.9. The number of hydrogen-bond acceptors (Lipinski definition) is 2. The van der Waals surface area contributed by atoms with E-state index in [4.69, 9.17) is 10.5 Å². The fraction of sp³-hybridized carbons (Fsp3) is 0.200. The summed E-state index contributed by atoms with van der Waals surface area (Å²) >= 11 is 3.22. The molecule has 3 heteroatoms. The number of nitrogens with two attached hydrogens (primary N) is 1. The molecule has 0 fully saturated rings. The lowest BCUT2D eigenvalue weighted by atomic mass is 10.2. The van der Waals surface area contributed by atoms with Gasteiger partial charge in [0.2, 0.25) is 0 Å². The standard InChI is InChI=1S/C10H10BrNO/c1-13-10-5-4-8(3-2-6-11)7-9(10)12/h4-5,7H,6,12H2,1H3. The Kier molecular flexibility index (Phi) is 3.66. The highest BCUT2D eigenvalue weighted by molar-refractivity contribution is 9.09. The zero-order valence-corrected chi connectivity index (χ0v) is 8.89. The molecule has 1 rings (SSSR count). The Balaban J connectivity index is 2.96. The molecule has 0 atom stereocenters. The largest absolute Gasteiger partial charge is 0.495 e. The topological polar surface area (TPSA) is 35.2 Å². The molecule has 68 valence electrons. The number of nitrogen functional groups attached to an aromatic ring is 1. The van der Waals surface area contributed by atoms with Gasteiger partial charge in [0.15, 0.2) is 0 Å². The van der Waals surface area contributed by atoms with Gasteiger partial charge in [-0.3, -0.25) is 0 Å². The monoisotopic (exact) mass is 239 g/mol. The Morgan fingerprint density at radius 2 is 2.31 bits per heavy atom. The Morgan fingerprint density at radius 1 is 1.54 bits per heavy atom. The van der Waals surface area contributed by atoms with Crippen LogP contribution in [0.15, 0.2) is 18.2 Å². The molecule has 0 spiro atoms. The van der Waals surface area contributed by atoms with Crippen molar-refractivity contribution >= 4 is 21.6 Å². The van der Waals surface area contributed by atoms with Crippen LogP contribution in [0.3, 0.4) is 0 Å². The second kappa shape index (κ2) is 4.78. The summed E-state index contributed by atoms with van der Waals surface area (Å²) in [6.07, 6.45) is 0. The van der Waals surface area contributed by atoms with E-state index >= 15 is 0 Å². The first kappa shape index (κ1) is 9.94. The third-order valence-electron chi connectivity index (χ3n) is 1.53. The van der Waals surface area contributed by atoms with Crippen LogP contribution in [0.25, 0.3) is 0 Å². The van der Waals surface area contributed by atoms with Crippen LogP contribution in [0.5, 0.6) is 5.75 Å². The molecule has 0 aliphatic heterocycles. The molecule has 0 aliphatic rings. The van der Waals surface area contributed by atoms with E-state index in [1.54, 1.807) is 13.2 Å². The Labute approximate surface area is 86.2 Å². The van der Waals surface area contributed by atoms with Crippen LogP contribution in [0.2, 0.25) is 0 Å². The van der Waals surface area contributed by atoms with Crippen molar-refractivity contribution in [2.75, 3.05) is 18.2 Å². The van der Waals surface area contributed by atoms with Crippen LogP contribution >= 0.6 is 15.9 Å². The van der Waals surface area contributed by atoms with E-state index in [-0.39, 0.29) is 0 Å². The molecule has 0 radical (unpaired) electrons. The summed E-state index contributed by atoms with van der Waals surface area (Å²) in [5, 5.41) is 0.666. The van der Waals surface area contributed by atoms with Crippen molar-refractivity contribution < 1.29 is 4.74 Å². The van der Waals surface area contributed by atoms with Gasteiger partial charge in [0.1, 0.15) is 5.75 Å². The normalized spacial score (nSPS) is 8.77. The second-order valence-corrected chi connectivity index (χ2v) is 2.95. The summed E-state index contributed by atoms with van der Waals surface area (Å²) in [5.74, 6) is 6.54. The van der Waals surface area contributed by atoms with E-state index in [1.165, 1.54) is 0 Å². The predicted octanol–water partition coefficient (Wildman–Crippen LogP) is 2.02. The van der Waals surface area contributed by atoms with Gasteiger partial charge in [-0.15, -0.1) is 0 Å². The summed E-state index contributed by atoms with van der Waals surface area (Å²) in [6.45, 7) is 0. The summed E-state index contributed by atoms with van der Waals surface area (Å²) in [4.78, 5) is 0. The molecule has 13 heavy (non-hydrogen) atoms. The summed E-state index contributed by atoms with van der Waals surface area (Å²) in [5.41, 5.74) is 7.21. The van der Waals surface area contributed by atoms with Crippen LogP contribution in [-0.4, -0.2) is 12.4 Å². The Hall–Kier alpha value is -1.14. The molecule has 2 nitrogen and oxygen atoms in total. The molecule has 0 saturated heterocycles. The van der Waals surface area contributed by atoms with Gasteiger partial charge in [-0.05, 0) is 18.2 Å². The number of alkyl halides is 1. The first-order valence-electron chi connectivity index (χ1n) is 3.76. The summed E-state index contributed by atoms with van der Waals surface area (Å²) < 4.78 is 5.02. The average Bonchev–Trinajstić information content (AvgIpc) is 2.15. The lowest BCUT2D eigenvalue weighted by Crippen LogP contribution is -1.92. The molecule has 0 aromatic heterocycles. The van der Waals surface area contributed by atoms with Gasteiger partial charge in [0.05, 0.1) is 18.1 Å². The first-order valence-corrected chi connectivity index (χ1v) is 4.88. The van der Waals surface area contributed by atoms with E-state index in [0.717, 1.165) is 5.56 Å². The SMILES string of the molecule is COc1ccc(C#CCBr)cc1N. The van der Waals surface area contributed by atoms with Crippen LogP contribution in [0.4, 0.5) is 5.69 Å². The van der Waals surface area contributed by atoms with Crippen LogP contribution in [0, 0.1) is 11.8 Å². The molecular formula is C10H10BrNO. The van der Waals surface area contributed by atoms with Crippen molar-refractivity contribution in [1.82, 2.24) is 0 Å². The number of rotatable bonds is 1. The van der Waals surface area contributed by atoms with Crippen LogP contribution in [0.1, 0.15) is 5.56 Å². The Morgan fingerprint density at radius 3 is 2.85 bits per heavy atom. The van der Waals surface area contributed by atoms with Gasteiger partial charge in [-0.25, -0.2) is 0 Å². The molecule has 0 bridgehead atoms. The van der Waals surface area contributed by atoms with Crippen LogP contribution < -0.4 is 10.5 Å². The molecule has 0 unspecified atom stereocenters. The number of ether oxygens (including phenoxy) is 1. The highest BCUT2D eigenvalue weighted by Gasteiger charge is 1.97. The maximum Gasteiger partial charge on any atom is 0.141 e. The zero-order chi connectivity index (χ0) is 9.68. The van der Waals surface area contributed by atoms with Crippen molar-refractivity contribution in [1.29, 1.82) is 0 Å². The van der Waals surface area contributed by atoms with E-state index in [2.05, 4.69) is 27.8 Å². The number of hydrogen-bond donors (Lipinski definition) is 1. The van der Waals surface area contributed by atoms with Crippen LogP contribution in [-0.2, 0) is 0 Å². The van der Waals surface area contributed by atoms with Gasteiger partial charge in [-0.2, -0.15) is 0 Å². The van der Waals surface area contributed by atoms with Gasteiger partial charge >= 0.3 is 0 Å². The van der Waals surface area contributed by atoms with E-state index in [1.807, 2.05) is 12.1 Å². The lowest BCUT2D eigenvalue weighted by Gasteiger charge is -2.03. The Bertz CT molecular complexity index is 352. The number of anilines is 1. The fourth-order valence-electron chi connectivity index (χ4n) is 0.948. The lowest BCUT2D eigenvalue weighted by molar-refractivity contribution is 0.417. The molecule has 0 saturated carbocycles. The number of halogens is 1. The molecule has 1 aromatic rings. The maximum absolute atomic E-state index is 5.70. The van der Waals surface area contributed by atoms with E-state index in [0.29, 0.717) is 16.8 Å². The molecule has 0 amide bonds. The second-order valence-electron chi connectivity index (χ2n) is 2.39.